The molecule has 1 N–H and O–H groups in total. The predicted octanol–water partition coefficient (Wildman–Crippen LogP) is 2.27. The highest BCUT2D eigenvalue weighted by Gasteiger charge is 2.16. The molecule has 0 saturated carbocycles. The Hall–Kier alpha value is -1.03. The lowest BCUT2D eigenvalue weighted by Gasteiger charge is -2.03. The fraction of sp³-hybridized carbons (Fsp3) is 0.444. The minimum absolute atomic E-state index is 0.245. The normalized spacial score (nSPS) is 9.77. The van der Waals surface area contributed by atoms with Crippen molar-refractivity contribution in [2.24, 2.45) is 0 Å². The van der Waals surface area contributed by atoms with E-state index >= 15 is 0 Å². The highest BCUT2D eigenvalue weighted by atomic mass is 32.1. The Morgan fingerprint density at radius 3 is 2.92 bits per heavy atom. The molecule has 0 spiro atoms. The van der Waals surface area contributed by atoms with Crippen LogP contribution < -0.4 is 5.32 Å². The molecule has 13 heavy (non-hydrogen) atoms. The second-order valence-electron chi connectivity index (χ2n) is 2.59. The van der Waals surface area contributed by atoms with Crippen LogP contribution in [-0.2, 0) is 4.74 Å². The van der Waals surface area contributed by atoms with Gasteiger partial charge in [-0.15, -0.1) is 11.3 Å². The zero-order chi connectivity index (χ0) is 9.84. The van der Waals surface area contributed by atoms with Gasteiger partial charge in [0.05, 0.1) is 12.2 Å². The van der Waals surface area contributed by atoms with Crippen LogP contribution in [0.1, 0.15) is 22.8 Å². The molecule has 72 valence electrons. The molecule has 0 fully saturated rings. The van der Waals surface area contributed by atoms with Gasteiger partial charge in [-0.3, -0.25) is 0 Å². The number of hydrogen-bond donors (Lipinski definition) is 1. The van der Waals surface area contributed by atoms with E-state index in [0.717, 1.165) is 10.6 Å². The van der Waals surface area contributed by atoms with Crippen LogP contribution in [0.25, 0.3) is 0 Å². The Kier molecular flexibility index (Phi) is 3.31. The Labute approximate surface area is 81.7 Å². The van der Waals surface area contributed by atoms with Gasteiger partial charge in [-0.2, -0.15) is 0 Å². The van der Waals surface area contributed by atoms with E-state index in [0.29, 0.717) is 12.2 Å². The molecule has 1 rings (SSSR count). The van der Waals surface area contributed by atoms with Gasteiger partial charge in [0.2, 0.25) is 0 Å². The van der Waals surface area contributed by atoms with Crippen LogP contribution in [-0.4, -0.2) is 19.6 Å². The van der Waals surface area contributed by atoms with E-state index in [1.54, 1.807) is 14.0 Å². The van der Waals surface area contributed by atoms with E-state index < -0.39 is 0 Å². The van der Waals surface area contributed by atoms with Crippen molar-refractivity contribution in [3.8, 4) is 0 Å². The second-order valence-corrected chi connectivity index (χ2v) is 3.47. The van der Waals surface area contributed by atoms with Crippen molar-refractivity contribution in [2.75, 3.05) is 19.0 Å². The first-order valence-electron chi connectivity index (χ1n) is 4.13. The van der Waals surface area contributed by atoms with Crippen LogP contribution in [0.5, 0.6) is 0 Å². The van der Waals surface area contributed by atoms with Crippen molar-refractivity contribution in [2.45, 2.75) is 13.8 Å². The topological polar surface area (TPSA) is 38.3 Å². The lowest BCUT2D eigenvalue weighted by molar-refractivity contribution is 0.0527. The molecule has 0 aliphatic heterocycles. The van der Waals surface area contributed by atoms with Crippen molar-refractivity contribution >= 4 is 22.3 Å². The van der Waals surface area contributed by atoms with Gasteiger partial charge in [-0.25, -0.2) is 4.79 Å². The van der Waals surface area contributed by atoms with Crippen LogP contribution in [0.4, 0.5) is 5.00 Å². The molecular formula is C9H13NO2S. The SMILES string of the molecule is CCOC(=O)c1c(C)csc1NC. The number of ether oxygens (including phenoxy) is 1. The van der Waals surface area contributed by atoms with E-state index in [-0.39, 0.29) is 5.97 Å². The maximum atomic E-state index is 11.5. The number of esters is 1. The highest BCUT2D eigenvalue weighted by Crippen LogP contribution is 2.27. The molecule has 3 nitrogen and oxygen atoms in total. The molecule has 0 unspecified atom stereocenters. The number of nitrogens with one attached hydrogen (secondary N) is 1. The minimum atomic E-state index is -0.245. The summed E-state index contributed by atoms with van der Waals surface area (Å²) >= 11 is 1.52. The van der Waals surface area contributed by atoms with Gasteiger partial charge < -0.3 is 10.1 Å². The Morgan fingerprint density at radius 1 is 1.69 bits per heavy atom. The van der Waals surface area contributed by atoms with Gasteiger partial charge in [0, 0.05) is 7.05 Å². The largest absolute Gasteiger partial charge is 0.462 e. The third-order valence-corrected chi connectivity index (χ3v) is 2.80. The van der Waals surface area contributed by atoms with E-state index in [2.05, 4.69) is 5.32 Å². The first-order chi connectivity index (χ1) is 6.20. The summed E-state index contributed by atoms with van der Waals surface area (Å²) in [5, 5.41) is 5.79. The van der Waals surface area contributed by atoms with Gasteiger partial charge in [-0.1, -0.05) is 0 Å². The smallest absolute Gasteiger partial charge is 0.341 e. The van der Waals surface area contributed by atoms with Crippen LogP contribution >= 0.6 is 11.3 Å². The van der Waals surface area contributed by atoms with Crippen molar-refractivity contribution in [1.29, 1.82) is 0 Å². The molecule has 4 heteroatoms. The summed E-state index contributed by atoms with van der Waals surface area (Å²) in [6.45, 7) is 4.12. The van der Waals surface area contributed by atoms with E-state index in [1.807, 2.05) is 12.3 Å². The Balaban J connectivity index is 2.96. The standard InChI is InChI=1S/C9H13NO2S/c1-4-12-9(11)7-6(2)5-13-8(7)10-3/h5,10H,4H2,1-3H3. The lowest BCUT2D eigenvalue weighted by Crippen LogP contribution is -2.07. The monoisotopic (exact) mass is 199 g/mol. The molecule has 0 radical (unpaired) electrons. The van der Waals surface area contributed by atoms with E-state index in [4.69, 9.17) is 4.74 Å². The summed E-state index contributed by atoms with van der Waals surface area (Å²) in [7, 11) is 1.80. The molecule has 0 aromatic carbocycles. The summed E-state index contributed by atoms with van der Waals surface area (Å²) in [5.41, 5.74) is 1.63. The van der Waals surface area contributed by atoms with E-state index in [1.165, 1.54) is 11.3 Å². The average molecular weight is 199 g/mol. The maximum absolute atomic E-state index is 11.5. The number of anilines is 1. The summed E-state index contributed by atoms with van der Waals surface area (Å²) < 4.78 is 4.94. The fourth-order valence-electron chi connectivity index (χ4n) is 1.09. The molecule has 0 aliphatic carbocycles. The van der Waals surface area contributed by atoms with Crippen molar-refractivity contribution in [3.63, 3.8) is 0 Å². The maximum Gasteiger partial charge on any atom is 0.341 e. The van der Waals surface area contributed by atoms with Gasteiger partial charge in [-0.05, 0) is 24.8 Å². The number of carbonyl (C=O) groups is 1. The number of carbonyl (C=O) groups excluding carboxylic acids is 1. The first kappa shape index (κ1) is 10.1. The lowest BCUT2D eigenvalue weighted by atomic mass is 10.2. The third-order valence-electron chi connectivity index (χ3n) is 1.68. The Morgan fingerprint density at radius 2 is 2.38 bits per heavy atom. The zero-order valence-electron chi connectivity index (χ0n) is 8.01. The molecule has 0 amide bonds. The van der Waals surface area contributed by atoms with Crippen LogP contribution in [0.15, 0.2) is 5.38 Å². The molecule has 1 aromatic rings. The third kappa shape index (κ3) is 2.01. The molecule has 0 bridgehead atoms. The number of hydrogen-bond acceptors (Lipinski definition) is 4. The van der Waals surface area contributed by atoms with E-state index in [9.17, 15) is 4.79 Å². The molecule has 0 saturated heterocycles. The fourth-order valence-corrected chi connectivity index (χ4v) is 1.98. The minimum Gasteiger partial charge on any atom is -0.462 e. The first-order valence-corrected chi connectivity index (χ1v) is 5.01. The summed E-state index contributed by atoms with van der Waals surface area (Å²) in [5.74, 6) is -0.245. The quantitative estimate of drug-likeness (QED) is 0.759. The number of rotatable bonds is 3. The summed E-state index contributed by atoms with van der Waals surface area (Å²) in [6.07, 6.45) is 0. The second kappa shape index (κ2) is 4.28. The average Bonchev–Trinajstić information content (AvgIpc) is 2.47. The van der Waals surface area contributed by atoms with Crippen molar-refractivity contribution < 1.29 is 9.53 Å². The molecule has 0 aliphatic rings. The van der Waals surface area contributed by atoms with Crippen molar-refractivity contribution in [1.82, 2.24) is 0 Å². The van der Waals surface area contributed by atoms with Crippen LogP contribution in [0.3, 0.4) is 0 Å². The molecule has 1 heterocycles. The molecule has 1 aromatic heterocycles. The zero-order valence-corrected chi connectivity index (χ0v) is 8.83. The Bertz CT molecular complexity index is 307. The predicted molar refractivity (Wildman–Crippen MR) is 54.6 cm³/mol. The van der Waals surface area contributed by atoms with Gasteiger partial charge in [0.1, 0.15) is 5.00 Å². The number of thiophene rings is 1. The molecular weight excluding hydrogens is 186 g/mol. The summed E-state index contributed by atoms with van der Waals surface area (Å²) in [6, 6.07) is 0. The van der Waals surface area contributed by atoms with Crippen LogP contribution in [0.2, 0.25) is 0 Å². The van der Waals surface area contributed by atoms with Crippen molar-refractivity contribution in [3.05, 3.63) is 16.5 Å². The van der Waals surface area contributed by atoms with Crippen LogP contribution in [0, 0.1) is 6.92 Å². The highest BCUT2D eigenvalue weighted by molar-refractivity contribution is 7.14. The number of aryl methyl sites for hydroxylation is 1. The van der Waals surface area contributed by atoms with Gasteiger partial charge in [0.15, 0.2) is 0 Å². The van der Waals surface area contributed by atoms with Gasteiger partial charge in [0.25, 0.3) is 0 Å². The summed E-state index contributed by atoms with van der Waals surface area (Å²) in [4.78, 5) is 11.5. The molecule has 0 atom stereocenters. The van der Waals surface area contributed by atoms with Gasteiger partial charge >= 0.3 is 5.97 Å².